The third-order valence-electron chi connectivity index (χ3n) is 3.95. The summed E-state index contributed by atoms with van der Waals surface area (Å²) in [4.78, 5) is 16.1. The number of nitrogens with zero attached hydrogens (tertiary/aromatic N) is 2. The van der Waals surface area contributed by atoms with Crippen LogP contribution in [-0.4, -0.2) is 42.1 Å². The first-order valence-corrected chi connectivity index (χ1v) is 8.13. The van der Waals surface area contributed by atoms with Crippen LogP contribution in [0.1, 0.15) is 10.4 Å². The number of aromatic hydroxyl groups is 1. The van der Waals surface area contributed by atoms with E-state index >= 15 is 0 Å². The number of anilines is 1. The lowest BCUT2D eigenvalue weighted by Gasteiger charge is -2.36. The quantitative estimate of drug-likeness (QED) is 0.871. The summed E-state index contributed by atoms with van der Waals surface area (Å²) in [7, 11) is 0. The Morgan fingerprint density at radius 2 is 1.78 bits per heavy atom. The number of hydrogen-bond donors (Lipinski definition) is 1. The Kier molecular flexibility index (Phi) is 4.52. The molecule has 4 nitrogen and oxygen atoms in total. The molecule has 1 saturated heterocycles. The molecule has 23 heavy (non-hydrogen) atoms. The summed E-state index contributed by atoms with van der Waals surface area (Å²) in [6.45, 7) is 2.17. The number of hydrogen-bond acceptors (Lipinski definition) is 3. The molecule has 6 heteroatoms. The fourth-order valence-electron chi connectivity index (χ4n) is 2.72. The molecule has 0 bridgehead atoms. The van der Waals surface area contributed by atoms with Crippen LogP contribution in [0.3, 0.4) is 0 Å². The highest BCUT2D eigenvalue weighted by Gasteiger charge is 2.25. The molecule has 0 aliphatic carbocycles. The van der Waals surface area contributed by atoms with Gasteiger partial charge >= 0.3 is 0 Å². The molecule has 120 valence electrons. The average molecular weight is 379 g/mol. The molecule has 0 spiro atoms. The Labute approximate surface area is 142 Å². The molecule has 1 aliphatic heterocycles. The fraction of sp³-hybridized carbons (Fsp3) is 0.235. The molecule has 1 aliphatic rings. The van der Waals surface area contributed by atoms with Gasteiger partial charge < -0.3 is 14.9 Å². The number of carbonyl (C=O) groups is 1. The summed E-state index contributed by atoms with van der Waals surface area (Å²) < 4.78 is 14.5. The SMILES string of the molecule is O=C(c1ccc(Br)cc1F)N1CCN(c2ccccc2O)CC1. The van der Waals surface area contributed by atoms with Crippen LogP contribution >= 0.6 is 15.9 Å². The van der Waals surface area contributed by atoms with Crippen LogP contribution in [0.2, 0.25) is 0 Å². The highest BCUT2D eigenvalue weighted by Crippen LogP contribution is 2.27. The van der Waals surface area contributed by atoms with Crippen molar-refractivity contribution < 1.29 is 14.3 Å². The van der Waals surface area contributed by atoms with Gasteiger partial charge in [-0.2, -0.15) is 0 Å². The summed E-state index contributed by atoms with van der Waals surface area (Å²) in [6, 6.07) is 11.6. The van der Waals surface area contributed by atoms with Gasteiger partial charge in [0.05, 0.1) is 11.3 Å². The largest absolute Gasteiger partial charge is 0.506 e. The van der Waals surface area contributed by atoms with E-state index in [9.17, 15) is 14.3 Å². The second-order valence-electron chi connectivity index (χ2n) is 5.39. The molecule has 1 amide bonds. The van der Waals surface area contributed by atoms with E-state index < -0.39 is 5.82 Å². The van der Waals surface area contributed by atoms with Crippen molar-refractivity contribution >= 4 is 27.5 Å². The Morgan fingerprint density at radius 1 is 1.09 bits per heavy atom. The van der Waals surface area contributed by atoms with Gasteiger partial charge in [-0.15, -0.1) is 0 Å². The number of phenols is 1. The summed E-state index contributed by atoms with van der Waals surface area (Å²) in [5, 5.41) is 9.90. The number of rotatable bonds is 2. The van der Waals surface area contributed by atoms with Crippen LogP contribution < -0.4 is 4.90 Å². The highest BCUT2D eigenvalue weighted by molar-refractivity contribution is 9.10. The first-order valence-electron chi connectivity index (χ1n) is 7.33. The number of piperazine rings is 1. The predicted octanol–water partition coefficient (Wildman–Crippen LogP) is 3.26. The zero-order valence-corrected chi connectivity index (χ0v) is 14.0. The molecule has 3 rings (SSSR count). The standard InChI is InChI=1S/C17H16BrFN2O2/c18-12-5-6-13(14(19)11-12)17(23)21-9-7-20(8-10-21)15-3-1-2-4-16(15)22/h1-6,11,22H,7-10H2. The van der Waals surface area contributed by atoms with Gasteiger partial charge in [-0.3, -0.25) is 4.79 Å². The molecule has 0 aromatic heterocycles. The highest BCUT2D eigenvalue weighted by atomic mass is 79.9. The second-order valence-corrected chi connectivity index (χ2v) is 6.31. The Bertz CT molecular complexity index is 730. The molecule has 1 heterocycles. The van der Waals surface area contributed by atoms with E-state index in [4.69, 9.17) is 0 Å². The minimum absolute atomic E-state index is 0.0872. The lowest BCUT2D eigenvalue weighted by atomic mass is 10.1. The molecule has 0 unspecified atom stereocenters. The van der Waals surface area contributed by atoms with Gasteiger partial charge in [0.1, 0.15) is 11.6 Å². The third-order valence-corrected chi connectivity index (χ3v) is 4.44. The molecule has 2 aromatic rings. The van der Waals surface area contributed by atoms with Gasteiger partial charge in [0.2, 0.25) is 0 Å². The second kappa shape index (κ2) is 6.58. The van der Waals surface area contributed by atoms with Gasteiger partial charge in [0, 0.05) is 30.7 Å². The van der Waals surface area contributed by atoms with Gasteiger partial charge in [-0.1, -0.05) is 28.1 Å². The van der Waals surface area contributed by atoms with Gasteiger partial charge in [-0.05, 0) is 30.3 Å². The van der Waals surface area contributed by atoms with Gasteiger partial charge in [0.15, 0.2) is 0 Å². The lowest BCUT2D eigenvalue weighted by molar-refractivity contribution is 0.0742. The molecule has 0 atom stereocenters. The number of phenolic OH excluding ortho intramolecular Hbond substituents is 1. The lowest BCUT2D eigenvalue weighted by Crippen LogP contribution is -2.49. The van der Waals surface area contributed by atoms with E-state index in [0.717, 1.165) is 5.69 Å². The Balaban J connectivity index is 1.69. The van der Waals surface area contributed by atoms with E-state index in [1.54, 1.807) is 23.1 Å². The van der Waals surface area contributed by atoms with E-state index in [2.05, 4.69) is 15.9 Å². The van der Waals surface area contributed by atoms with Crippen LogP contribution in [0, 0.1) is 5.82 Å². The number of para-hydroxylation sites is 2. The minimum atomic E-state index is -0.521. The minimum Gasteiger partial charge on any atom is -0.506 e. The van der Waals surface area contributed by atoms with E-state index in [1.807, 2.05) is 17.0 Å². The van der Waals surface area contributed by atoms with Crippen molar-refractivity contribution in [2.75, 3.05) is 31.1 Å². The van der Waals surface area contributed by atoms with Crippen molar-refractivity contribution in [1.82, 2.24) is 4.90 Å². The zero-order chi connectivity index (χ0) is 16.4. The molecule has 0 radical (unpaired) electrons. The monoisotopic (exact) mass is 378 g/mol. The third kappa shape index (κ3) is 3.32. The summed E-state index contributed by atoms with van der Waals surface area (Å²) in [5.74, 6) is -0.592. The maximum absolute atomic E-state index is 13.9. The van der Waals surface area contributed by atoms with Crippen molar-refractivity contribution in [3.05, 3.63) is 58.3 Å². The van der Waals surface area contributed by atoms with Crippen LogP contribution in [-0.2, 0) is 0 Å². The van der Waals surface area contributed by atoms with Crippen molar-refractivity contribution in [3.63, 3.8) is 0 Å². The maximum atomic E-state index is 13.9. The van der Waals surface area contributed by atoms with Gasteiger partial charge in [0.25, 0.3) is 5.91 Å². The van der Waals surface area contributed by atoms with E-state index in [1.165, 1.54) is 12.1 Å². The van der Waals surface area contributed by atoms with Crippen LogP contribution in [0.25, 0.3) is 0 Å². The number of amides is 1. The van der Waals surface area contributed by atoms with Crippen LogP contribution in [0.15, 0.2) is 46.9 Å². The molecular weight excluding hydrogens is 363 g/mol. The summed E-state index contributed by atoms with van der Waals surface area (Å²) in [5.41, 5.74) is 0.846. The predicted molar refractivity (Wildman–Crippen MR) is 90.3 cm³/mol. The molecule has 0 saturated carbocycles. The van der Waals surface area contributed by atoms with Crippen LogP contribution in [0.5, 0.6) is 5.75 Å². The first-order chi connectivity index (χ1) is 11.1. The van der Waals surface area contributed by atoms with E-state index in [-0.39, 0.29) is 17.2 Å². The summed E-state index contributed by atoms with van der Waals surface area (Å²) >= 11 is 3.19. The Morgan fingerprint density at radius 3 is 2.43 bits per heavy atom. The van der Waals surface area contributed by atoms with Crippen molar-refractivity contribution in [3.8, 4) is 5.75 Å². The zero-order valence-electron chi connectivity index (χ0n) is 12.4. The Hall–Kier alpha value is -2.08. The van der Waals surface area contributed by atoms with Gasteiger partial charge in [-0.25, -0.2) is 4.39 Å². The van der Waals surface area contributed by atoms with E-state index in [0.29, 0.717) is 30.7 Å². The molecule has 2 aromatic carbocycles. The summed E-state index contributed by atoms with van der Waals surface area (Å²) in [6.07, 6.45) is 0. The molecule has 1 N–H and O–H groups in total. The normalized spacial score (nSPS) is 14.9. The van der Waals surface area contributed by atoms with Crippen molar-refractivity contribution in [2.45, 2.75) is 0 Å². The number of halogens is 2. The molecule has 1 fully saturated rings. The maximum Gasteiger partial charge on any atom is 0.256 e. The topological polar surface area (TPSA) is 43.8 Å². The average Bonchev–Trinajstić information content (AvgIpc) is 2.55. The first kappa shape index (κ1) is 15.8. The smallest absolute Gasteiger partial charge is 0.256 e. The fourth-order valence-corrected chi connectivity index (χ4v) is 3.05. The molecular formula is C17H16BrFN2O2. The van der Waals surface area contributed by atoms with Crippen molar-refractivity contribution in [1.29, 1.82) is 0 Å². The van der Waals surface area contributed by atoms with Crippen molar-refractivity contribution in [2.24, 2.45) is 0 Å². The van der Waals surface area contributed by atoms with Crippen LogP contribution in [0.4, 0.5) is 10.1 Å². The number of carbonyl (C=O) groups excluding carboxylic acids is 1. The number of benzene rings is 2.